The van der Waals surface area contributed by atoms with Gasteiger partial charge in [0.25, 0.3) is 20.2 Å². The topological polar surface area (TPSA) is 481 Å². The van der Waals surface area contributed by atoms with E-state index < -0.39 is 73.7 Å². The van der Waals surface area contributed by atoms with Gasteiger partial charge in [-0.15, -0.1) is 0 Å². The van der Waals surface area contributed by atoms with Gasteiger partial charge < -0.3 is 44.2 Å². The molecule has 0 spiro atoms. The molecule has 36 heteroatoms. The van der Waals surface area contributed by atoms with E-state index in [0.717, 1.165) is 20.7 Å². The minimum Gasteiger partial charge on any atom is -0.370 e. The number of nitrogens with two attached hydrogens (primary N) is 4. The maximum absolute atomic E-state index is 13.6. The maximum Gasteiger partial charge on any atom is 0.294 e. The number of carbonyl (C=O) groups excluding carboxylic acids is 4. The van der Waals surface area contributed by atoms with Crippen molar-refractivity contribution in [2.75, 3.05) is 47.4 Å². The highest BCUT2D eigenvalue weighted by Gasteiger charge is 2.28. The molecule has 0 saturated heterocycles. The van der Waals surface area contributed by atoms with E-state index in [1.54, 1.807) is 0 Å². The molecule has 2 aromatic heterocycles. The van der Waals surface area contributed by atoms with Crippen LogP contribution < -0.4 is 44.2 Å². The van der Waals surface area contributed by atoms with Crippen molar-refractivity contribution in [1.29, 1.82) is 0 Å². The van der Waals surface area contributed by atoms with Gasteiger partial charge in [0.2, 0.25) is 78.0 Å². The van der Waals surface area contributed by atoms with Crippen LogP contribution in [0, 0.1) is 0 Å². The van der Waals surface area contributed by atoms with Crippen LogP contribution >= 0.6 is 23.2 Å². The largest absolute Gasteiger partial charge is 0.370 e. The first-order valence-corrected chi connectivity index (χ1v) is 29.4. The van der Waals surface area contributed by atoms with E-state index >= 15 is 0 Å². The lowest BCUT2D eigenvalue weighted by Crippen LogP contribution is -2.36. The second-order valence-corrected chi connectivity index (χ2v) is 24.2. The zero-order valence-corrected chi connectivity index (χ0v) is 46.0. The fraction of sp³-hybridized carbons (Fsp3) is 0.227. The van der Waals surface area contributed by atoms with Gasteiger partial charge in [-0.05, 0) is 108 Å². The first-order valence-electron chi connectivity index (χ1n) is 22.9. The minimum absolute atomic E-state index is 0.000716. The molecule has 6 rings (SSSR count). The molecular formula is C44H48Cl2N16O14S4. The van der Waals surface area contributed by atoms with E-state index in [9.17, 15) is 62.0 Å². The van der Waals surface area contributed by atoms with Crippen molar-refractivity contribution in [3.05, 3.63) is 107 Å². The van der Waals surface area contributed by atoms with E-state index in [0.29, 0.717) is 0 Å². The Balaban J connectivity index is 1.17. The van der Waals surface area contributed by atoms with Crippen molar-refractivity contribution >= 4 is 134 Å². The molecule has 6 aromatic rings. The van der Waals surface area contributed by atoms with Gasteiger partial charge in [0, 0.05) is 74.6 Å². The molecular weight excluding hydrogens is 1180 g/mol. The van der Waals surface area contributed by atoms with Gasteiger partial charge in [0.15, 0.2) is 0 Å². The van der Waals surface area contributed by atoms with Crippen molar-refractivity contribution in [1.82, 2.24) is 38.5 Å². The van der Waals surface area contributed by atoms with Crippen molar-refractivity contribution in [2.45, 2.75) is 58.1 Å². The Bertz CT molecular complexity index is 3550. The first-order chi connectivity index (χ1) is 37.5. The number of amides is 4. The van der Waals surface area contributed by atoms with Crippen LogP contribution in [0.25, 0.3) is 0 Å². The highest BCUT2D eigenvalue weighted by atomic mass is 35.5. The summed E-state index contributed by atoms with van der Waals surface area (Å²) in [6, 6.07) is 18.1. The summed E-state index contributed by atoms with van der Waals surface area (Å²) in [5, 5.41) is 10.3. The number of aryl methyl sites for hydroxylation is 2. The Hall–Kier alpha value is -7.80. The molecule has 426 valence electrons. The molecule has 0 bridgehead atoms. The van der Waals surface area contributed by atoms with Crippen LogP contribution in [0.2, 0.25) is 10.6 Å². The maximum atomic E-state index is 13.6. The Morgan fingerprint density at radius 2 is 0.725 bits per heavy atom. The third-order valence-electron chi connectivity index (χ3n) is 11.0. The third-order valence-corrected chi connectivity index (χ3v) is 17.0. The number of nitrogens with one attached hydrogen (secondary N) is 4. The number of carbonyl (C=O) groups is 4. The Kier molecular flexibility index (Phi) is 19.9. The van der Waals surface area contributed by atoms with Gasteiger partial charge >= 0.3 is 0 Å². The fourth-order valence-electron chi connectivity index (χ4n) is 7.28. The van der Waals surface area contributed by atoms with Crippen LogP contribution in [-0.2, 0) is 72.3 Å². The zero-order valence-electron chi connectivity index (χ0n) is 41.2. The molecule has 30 nitrogen and oxygen atoms in total. The van der Waals surface area contributed by atoms with E-state index in [1.165, 1.54) is 72.8 Å². The van der Waals surface area contributed by atoms with Gasteiger partial charge in [-0.3, -0.25) is 28.3 Å². The number of aromatic nitrogens is 6. The minimum atomic E-state index is -4.98. The van der Waals surface area contributed by atoms with E-state index in [4.69, 9.17) is 46.1 Å². The lowest BCUT2D eigenvalue weighted by Gasteiger charge is -2.21. The Morgan fingerprint density at radius 1 is 0.438 bits per heavy atom. The van der Waals surface area contributed by atoms with Crippen molar-refractivity contribution in [3.63, 3.8) is 0 Å². The molecule has 0 aliphatic carbocycles. The number of anilines is 8. The number of halogens is 2. The second-order valence-electron chi connectivity index (χ2n) is 16.8. The molecule has 0 unspecified atom stereocenters. The Morgan fingerprint density at radius 3 is 1.00 bits per heavy atom. The standard InChI is InChI=1S/C44H48Cl2N16O14S4/c45-39-55-41(51-27-3-1-5-31(21-27)77(67,68)61(17-13-35(47)63)18-14-36(48)64)59-43(57-39)53-29-11-9-25(33(23-29)79(71,72)73)7-8-26-10-12-30(24-34(26)80(74,75)76)54-44-58-40(46)56-42(60-44)52-28-4-2-6-32(22-28)78(69,70)62(19-15-37(49)65)20-16-38(50)66/h1-6,9-12,21-24H,7-8,13-20H2,(H2,47,63)(H2,48,64)(H2,49,65)(H2,50,66)(H,71,72,73)(H,74,75,76)(H2,51,53,55,57,59)(H2,52,54,56,58,60). The highest BCUT2D eigenvalue weighted by Crippen LogP contribution is 2.30. The van der Waals surface area contributed by atoms with Gasteiger partial charge in [-0.25, -0.2) is 16.8 Å². The van der Waals surface area contributed by atoms with E-state index in [2.05, 4.69) is 51.2 Å². The summed E-state index contributed by atoms with van der Waals surface area (Å²) in [6.45, 7) is -1.32. The summed E-state index contributed by atoms with van der Waals surface area (Å²) < 4.78 is 128. The SMILES string of the molecule is NC(=O)CCN(CCC(N)=O)S(=O)(=O)c1cccc(Nc2nc(Cl)nc(Nc3ccc(CCc4ccc(Nc5nc(Cl)nc(Nc6cccc(S(=O)(=O)N(CCC(N)=O)CCC(N)=O)c6)n5)cc4S(=O)(=O)O)c(S(=O)(=O)O)c3)n2)c1. The molecule has 0 fully saturated rings. The summed E-state index contributed by atoms with van der Waals surface area (Å²) in [5.74, 6) is -4.06. The Labute approximate surface area is 466 Å². The number of rotatable bonds is 29. The van der Waals surface area contributed by atoms with E-state index in [-0.39, 0.29) is 143 Å². The van der Waals surface area contributed by atoms with Crippen LogP contribution in [-0.4, -0.2) is 131 Å². The van der Waals surface area contributed by atoms with Crippen LogP contribution in [0.1, 0.15) is 36.8 Å². The molecule has 4 aromatic carbocycles. The smallest absolute Gasteiger partial charge is 0.294 e. The van der Waals surface area contributed by atoms with Crippen LogP contribution in [0.4, 0.5) is 46.5 Å². The first kappa shape index (κ1) is 61.4. The number of sulfonamides is 2. The lowest BCUT2D eigenvalue weighted by atomic mass is 10.0. The number of hydrogen-bond donors (Lipinski definition) is 10. The third kappa shape index (κ3) is 17.3. The van der Waals surface area contributed by atoms with Crippen molar-refractivity contribution in [3.8, 4) is 0 Å². The number of hydrogen-bond acceptors (Lipinski definition) is 22. The molecule has 0 aliphatic rings. The molecule has 0 radical (unpaired) electrons. The van der Waals surface area contributed by atoms with Crippen LogP contribution in [0.15, 0.2) is 105 Å². The molecule has 4 amide bonds. The molecule has 0 saturated carbocycles. The summed E-state index contributed by atoms with van der Waals surface area (Å²) in [4.78, 5) is 68.5. The summed E-state index contributed by atoms with van der Waals surface area (Å²) >= 11 is 12.4. The predicted octanol–water partition coefficient (Wildman–Crippen LogP) is 2.10. The number of nitrogens with zero attached hydrogens (tertiary/aromatic N) is 8. The molecule has 2 heterocycles. The molecule has 0 aliphatic heterocycles. The lowest BCUT2D eigenvalue weighted by molar-refractivity contribution is -0.119. The second kappa shape index (κ2) is 26.0. The van der Waals surface area contributed by atoms with Gasteiger partial charge in [-0.2, -0.15) is 55.3 Å². The van der Waals surface area contributed by atoms with Crippen LogP contribution in [0.3, 0.4) is 0 Å². The van der Waals surface area contributed by atoms with Gasteiger partial charge in [0.05, 0.1) is 19.6 Å². The number of primary amides is 4. The molecule has 80 heavy (non-hydrogen) atoms. The van der Waals surface area contributed by atoms with Gasteiger partial charge in [0.1, 0.15) is 0 Å². The fourth-order valence-corrected chi connectivity index (χ4v) is 12.1. The van der Waals surface area contributed by atoms with E-state index in [1.807, 2.05) is 0 Å². The van der Waals surface area contributed by atoms with Crippen molar-refractivity contribution < 1.29 is 62.0 Å². The van der Waals surface area contributed by atoms with Crippen molar-refractivity contribution in [2.24, 2.45) is 22.9 Å². The zero-order chi connectivity index (χ0) is 58.7. The normalized spacial score (nSPS) is 12.0. The monoisotopic (exact) mass is 1220 g/mol. The average molecular weight is 1220 g/mol. The molecule has 14 N–H and O–H groups in total. The molecule has 0 atom stereocenters. The summed E-state index contributed by atoms with van der Waals surface area (Å²) in [7, 11) is -18.6. The highest BCUT2D eigenvalue weighted by molar-refractivity contribution is 7.89. The average Bonchev–Trinajstić information content (AvgIpc) is 3.35. The summed E-state index contributed by atoms with van der Waals surface area (Å²) in [5.41, 5.74) is 21.2. The quantitative estimate of drug-likeness (QED) is 0.0301. The predicted molar refractivity (Wildman–Crippen MR) is 288 cm³/mol. The summed E-state index contributed by atoms with van der Waals surface area (Å²) in [6.07, 6.45) is -1.79. The van der Waals surface area contributed by atoms with Crippen LogP contribution in [0.5, 0.6) is 0 Å². The number of benzene rings is 4. The van der Waals surface area contributed by atoms with Gasteiger partial charge in [-0.1, -0.05) is 24.3 Å².